The SMILES string of the molecule is c1ccc(-c2ccc(N(c3ccc4c(c3)oc3ccccc34)c3ccc4c(c3)sc3ccc5sc6c7ccccc7ccc6c5c34)cc2)cc1. The van der Waals surface area contributed by atoms with Crippen molar-refractivity contribution in [2.75, 3.05) is 4.90 Å². The molecule has 0 N–H and O–H groups in total. The zero-order valence-electron chi connectivity index (χ0n) is 26.8. The first kappa shape index (κ1) is 28.0. The lowest BCUT2D eigenvalue weighted by atomic mass is 10.0. The van der Waals surface area contributed by atoms with E-state index in [4.69, 9.17) is 4.42 Å². The van der Waals surface area contributed by atoms with Crippen LogP contribution in [0, 0.1) is 0 Å². The fourth-order valence-corrected chi connectivity index (χ4v) is 10.1. The van der Waals surface area contributed by atoms with Gasteiger partial charge in [-0.15, -0.1) is 22.7 Å². The van der Waals surface area contributed by atoms with Gasteiger partial charge in [-0.05, 0) is 76.5 Å². The summed E-state index contributed by atoms with van der Waals surface area (Å²) in [5, 5.41) is 10.3. The molecule has 8 aromatic carbocycles. The minimum Gasteiger partial charge on any atom is -0.456 e. The zero-order valence-corrected chi connectivity index (χ0v) is 28.4. The predicted molar refractivity (Wildman–Crippen MR) is 217 cm³/mol. The Morgan fingerprint density at radius 2 is 1.00 bits per heavy atom. The van der Waals surface area contributed by atoms with Gasteiger partial charge in [-0.3, -0.25) is 0 Å². The molecule has 0 amide bonds. The number of furan rings is 1. The molecule has 0 saturated carbocycles. The number of rotatable bonds is 4. The van der Waals surface area contributed by atoms with Crippen LogP contribution in [0.25, 0.3) is 84.2 Å². The monoisotopic (exact) mass is 673 g/mol. The Hall–Kier alpha value is -5.94. The molecule has 0 fully saturated rings. The van der Waals surface area contributed by atoms with Gasteiger partial charge in [0.05, 0.1) is 0 Å². The summed E-state index contributed by atoms with van der Waals surface area (Å²) in [6.45, 7) is 0. The van der Waals surface area contributed by atoms with Crippen LogP contribution in [0.3, 0.4) is 0 Å². The first-order valence-electron chi connectivity index (χ1n) is 16.8. The molecule has 0 aliphatic heterocycles. The Kier molecular flexibility index (Phi) is 6.03. The van der Waals surface area contributed by atoms with Gasteiger partial charge in [0.1, 0.15) is 11.2 Å². The summed E-state index contributed by atoms with van der Waals surface area (Å²) in [4.78, 5) is 2.35. The third kappa shape index (κ3) is 4.19. The van der Waals surface area contributed by atoms with Crippen molar-refractivity contribution >= 4 is 113 Å². The van der Waals surface area contributed by atoms with Crippen molar-refractivity contribution in [1.82, 2.24) is 0 Å². The number of hydrogen-bond acceptors (Lipinski definition) is 4. The van der Waals surface area contributed by atoms with E-state index < -0.39 is 0 Å². The average molecular weight is 674 g/mol. The van der Waals surface area contributed by atoms with Gasteiger partial charge in [-0.1, -0.05) is 103 Å². The molecule has 3 aromatic heterocycles. The van der Waals surface area contributed by atoms with Crippen molar-refractivity contribution in [2.24, 2.45) is 0 Å². The number of nitrogens with zero attached hydrogens (tertiary/aromatic N) is 1. The molecule has 4 heteroatoms. The number of fused-ring (bicyclic) bond motifs is 12. The molecule has 234 valence electrons. The highest BCUT2D eigenvalue weighted by atomic mass is 32.1. The zero-order chi connectivity index (χ0) is 32.8. The van der Waals surface area contributed by atoms with Crippen molar-refractivity contribution in [2.45, 2.75) is 0 Å². The van der Waals surface area contributed by atoms with Gasteiger partial charge in [0.2, 0.25) is 0 Å². The summed E-state index contributed by atoms with van der Waals surface area (Å²) >= 11 is 3.79. The molecule has 0 saturated heterocycles. The first-order valence-corrected chi connectivity index (χ1v) is 18.5. The van der Waals surface area contributed by atoms with E-state index in [-0.39, 0.29) is 0 Å². The molecule has 0 radical (unpaired) electrons. The van der Waals surface area contributed by atoms with Crippen LogP contribution in [-0.4, -0.2) is 0 Å². The second-order valence-corrected chi connectivity index (χ2v) is 15.0. The fraction of sp³-hybridized carbons (Fsp3) is 0. The smallest absolute Gasteiger partial charge is 0.137 e. The van der Waals surface area contributed by atoms with Crippen molar-refractivity contribution in [3.8, 4) is 11.1 Å². The molecule has 0 aliphatic carbocycles. The number of hydrogen-bond donors (Lipinski definition) is 0. The van der Waals surface area contributed by atoms with Crippen molar-refractivity contribution in [1.29, 1.82) is 0 Å². The van der Waals surface area contributed by atoms with E-state index >= 15 is 0 Å². The van der Waals surface area contributed by atoms with Gasteiger partial charge >= 0.3 is 0 Å². The Balaban J connectivity index is 1.11. The Morgan fingerprint density at radius 3 is 1.86 bits per heavy atom. The standard InChI is InChI=1S/C46H27NOS2/c1-2-8-28(9-3-1)29-14-17-31(18-15-29)47(32-19-22-36-35-12-6-7-13-39(35)48-40(36)26-32)33-20-23-37-43(27-33)49-41-24-25-42-45(44(37)41)38-21-16-30-10-4-5-11-34(30)46(38)50-42/h1-27H. The lowest BCUT2D eigenvalue weighted by Crippen LogP contribution is -2.09. The van der Waals surface area contributed by atoms with Crippen molar-refractivity contribution in [3.63, 3.8) is 0 Å². The molecule has 0 atom stereocenters. The first-order chi connectivity index (χ1) is 24.8. The average Bonchev–Trinajstić information content (AvgIpc) is 3.86. The summed E-state index contributed by atoms with van der Waals surface area (Å²) < 4.78 is 11.7. The molecule has 3 heterocycles. The Bertz CT molecular complexity index is 3090. The highest BCUT2D eigenvalue weighted by Crippen LogP contribution is 2.48. The molecule has 0 spiro atoms. The third-order valence-corrected chi connectivity index (χ3v) is 12.4. The van der Waals surface area contributed by atoms with Crippen molar-refractivity contribution in [3.05, 3.63) is 164 Å². The second kappa shape index (κ2) is 10.8. The molecular formula is C46H27NOS2. The maximum Gasteiger partial charge on any atom is 0.137 e. The summed E-state index contributed by atoms with van der Waals surface area (Å²) in [7, 11) is 0. The normalized spacial score (nSPS) is 12.0. The maximum atomic E-state index is 6.37. The molecule has 0 aliphatic rings. The van der Waals surface area contributed by atoms with E-state index in [9.17, 15) is 0 Å². The minimum absolute atomic E-state index is 0.886. The predicted octanol–water partition coefficient (Wildman–Crippen LogP) is 14.6. The molecule has 11 rings (SSSR count). The molecular weight excluding hydrogens is 647 g/mol. The van der Waals surface area contributed by atoms with E-state index in [2.05, 4.69) is 157 Å². The molecule has 0 bridgehead atoms. The number of benzene rings is 8. The van der Waals surface area contributed by atoms with Crippen LogP contribution in [0.4, 0.5) is 17.1 Å². The van der Waals surface area contributed by atoms with E-state index in [0.29, 0.717) is 0 Å². The highest BCUT2D eigenvalue weighted by molar-refractivity contribution is 7.28. The molecule has 50 heavy (non-hydrogen) atoms. The van der Waals surface area contributed by atoms with E-state index in [1.165, 1.54) is 62.2 Å². The van der Waals surface area contributed by atoms with Crippen LogP contribution in [0.2, 0.25) is 0 Å². The van der Waals surface area contributed by atoms with Gasteiger partial charge in [-0.2, -0.15) is 0 Å². The van der Waals surface area contributed by atoms with Crippen LogP contribution in [0.1, 0.15) is 0 Å². The molecule has 11 aromatic rings. The third-order valence-electron chi connectivity index (χ3n) is 10.1. The lowest BCUT2D eigenvalue weighted by Gasteiger charge is -2.26. The lowest BCUT2D eigenvalue weighted by molar-refractivity contribution is 0.669. The van der Waals surface area contributed by atoms with E-state index in [1.807, 2.05) is 34.8 Å². The Labute approximate surface area is 295 Å². The number of anilines is 3. The largest absolute Gasteiger partial charge is 0.456 e. The summed E-state index contributed by atoms with van der Waals surface area (Å²) in [5.74, 6) is 0. The van der Waals surface area contributed by atoms with Gasteiger partial charge in [0.15, 0.2) is 0 Å². The fourth-order valence-electron chi connectivity index (χ4n) is 7.72. The van der Waals surface area contributed by atoms with Crippen molar-refractivity contribution < 1.29 is 4.42 Å². The van der Waals surface area contributed by atoms with Gasteiger partial charge in [0.25, 0.3) is 0 Å². The van der Waals surface area contributed by atoms with Crippen LogP contribution in [-0.2, 0) is 0 Å². The second-order valence-electron chi connectivity index (χ2n) is 12.9. The van der Waals surface area contributed by atoms with Crippen LogP contribution in [0.5, 0.6) is 0 Å². The van der Waals surface area contributed by atoms with Crippen LogP contribution >= 0.6 is 22.7 Å². The topological polar surface area (TPSA) is 16.4 Å². The summed E-state index contributed by atoms with van der Waals surface area (Å²) in [6.07, 6.45) is 0. The maximum absolute atomic E-state index is 6.37. The quantitative estimate of drug-likeness (QED) is 0.185. The van der Waals surface area contributed by atoms with Gasteiger partial charge in [-0.25, -0.2) is 0 Å². The highest BCUT2D eigenvalue weighted by Gasteiger charge is 2.19. The number of thiophene rings is 2. The molecule has 0 unspecified atom stereocenters. The summed E-state index contributed by atoms with van der Waals surface area (Å²) in [6, 6.07) is 59.3. The number of para-hydroxylation sites is 1. The van der Waals surface area contributed by atoms with Gasteiger partial charge in [0, 0.05) is 74.2 Å². The molecule has 2 nitrogen and oxygen atoms in total. The van der Waals surface area contributed by atoms with Crippen LogP contribution < -0.4 is 4.90 Å². The summed E-state index contributed by atoms with van der Waals surface area (Å²) in [5.41, 5.74) is 7.47. The minimum atomic E-state index is 0.886. The van der Waals surface area contributed by atoms with E-state index in [1.54, 1.807) is 0 Å². The van der Waals surface area contributed by atoms with E-state index in [0.717, 1.165) is 39.0 Å². The Morgan fingerprint density at radius 1 is 0.380 bits per heavy atom. The van der Waals surface area contributed by atoms with Crippen LogP contribution in [0.15, 0.2) is 168 Å². The van der Waals surface area contributed by atoms with Gasteiger partial charge < -0.3 is 9.32 Å².